The van der Waals surface area contributed by atoms with E-state index in [-0.39, 0.29) is 12.1 Å². The Labute approximate surface area is 126 Å². The Balaban J connectivity index is 2.08. The second kappa shape index (κ2) is 6.58. The zero-order valence-electron chi connectivity index (χ0n) is 10.8. The molecule has 4 heteroatoms. The number of benzene rings is 1. The van der Waals surface area contributed by atoms with Gasteiger partial charge in [-0.3, -0.25) is 4.79 Å². The van der Waals surface area contributed by atoms with E-state index in [1.165, 1.54) is 5.56 Å². The molecule has 1 fully saturated rings. The third-order valence-corrected chi connectivity index (χ3v) is 4.62. The fraction of sp³-hybridized carbons (Fsp3) is 0.400. The van der Waals surface area contributed by atoms with Gasteiger partial charge in [0, 0.05) is 17.3 Å². The van der Waals surface area contributed by atoms with Gasteiger partial charge in [-0.2, -0.15) is 0 Å². The molecule has 0 unspecified atom stereocenters. The molecule has 0 aromatic heterocycles. The van der Waals surface area contributed by atoms with Crippen LogP contribution in [-0.2, 0) is 16.0 Å². The summed E-state index contributed by atoms with van der Waals surface area (Å²) in [5.41, 5.74) is 2.27. The van der Waals surface area contributed by atoms with Gasteiger partial charge in [0.25, 0.3) is 0 Å². The third-order valence-electron chi connectivity index (χ3n) is 3.23. The summed E-state index contributed by atoms with van der Waals surface area (Å²) < 4.78 is 6.08. The van der Waals surface area contributed by atoms with Crippen molar-refractivity contribution in [3.8, 4) is 0 Å². The Morgan fingerprint density at radius 2 is 2.11 bits per heavy atom. The fourth-order valence-corrected chi connectivity index (χ4v) is 2.85. The zero-order chi connectivity index (χ0) is 13.8. The first kappa shape index (κ1) is 14.6. The molecule has 1 atom stereocenters. The fourth-order valence-electron chi connectivity index (χ4n) is 2.06. The number of aryl methyl sites for hydroxylation is 1. The molecule has 2 rings (SSSR count). The molecule has 102 valence electrons. The minimum atomic E-state index is -0.117. The van der Waals surface area contributed by atoms with E-state index in [1.54, 1.807) is 0 Å². The van der Waals surface area contributed by atoms with E-state index in [1.807, 2.05) is 12.1 Å². The van der Waals surface area contributed by atoms with Crippen LogP contribution in [0, 0.1) is 0 Å². The van der Waals surface area contributed by atoms with Crippen LogP contribution in [0.4, 0.5) is 0 Å². The summed E-state index contributed by atoms with van der Waals surface area (Å²) in [6.07, 6.45) is 2.88. The number of hydrogen-bond donors (Lipinski definition) is 0. The number of carbonyl (C=O) groups is 1. The van der Waals surface area contributed by atoms with Crippen LogP contribution >= 0.6 is 27.5 Å². The summed E-state index contributed by atoms with van der Waals surface area (Å²) in [5.74, 6) is -0.117. The summed E-state index contributed by atoms with van der Waals surface area (Å²) in [5, 5.41) is 0.686. The van der Waals surface area contributed by atoms with Gasteiger partial charge >= 0.3 is 5.97 Å². The first-order chi connectivity index (χ1) is 9.10. The second-order valence-electron chi connectivity index (χ2n) is 4.62. The summed E-state index contributed by atoms with van der Waals surface area (Å²) in [6, 6.07) is 8.19. The second-order valence-corrected chi connectivity index (χ2v) is 5.96. The molecule has 1 heterocycles. The van der Waals surface area contributed by atoms with Gasteiger partial charge in [-0.25, -0.2) is 0 Å². The van der Waals surface area contributed by atoms with Crippen molar-refractivity contribution < 1.29 is 9.53 Å². The lowest BCUT2D eigenvalue weighted by molar-refractivity contribution is -0.141. The molecule has 1 aromatic carbocycles. The van der Waals surface area contributed by atoms with Crippen LogP contribution in [-0.4, -0.2) is 12.1 Å². The first-order valence-corrected chi connectivity index (χ1v) is 7.60. The highest BCUT2D eigenvalue weighted by molar-refractivity contribution is 9.11. The van der Waals surface area contributed by atoms with Crippen molar-refractivity contribution in [1.29, 1.82) is 0 Å². The first-order valence-electron chi connectivity index (χ1n) is 6.43. The summed E-state index contributed by atoms with van der Waals surface area (Å²) >= 11 is 9.86. The summed E-state index contributed by atoms with van der Waals surface area (Å²) in [7, 11) is 0. The normalized spacial score (nSPS) is 20.2. The number of cyclic esters (lactones) is 1. The van der Waals surface area contributed by atoms with E-state index in [0.717, 1.165) is 22.9 Å². The molecular formula is C15H16BrClO2. The van der Waals surface area contributed by atoms with Crippen LogP contribution in [0.1, 0.15) is 37.3 Å². The Kier molecular flexibility index (Phi) is 5.06. The maximum Gasteiger partial charge on any atom is 0.306 e. The van der Waals surface area contributed by atoms with Crippen LogP contribution in [0.3, 0.4) is 0 Å². The van der Waals surface area contributed by atoms with Crippen molar-refractivity contribution in [2.75, 3.05) is 0 Å². The molecule has 0 radical (unpaired) electrons. The van der Waals surface area contributed by atoms with Crippen LogP contribution < -0.4 is 0 Å². The molecule has 2 nitrogen and oxygen atoms in total. The zero-order valence-corrected chi connectivity index (χ0v) is 13.1. The van der Waals surface area contributed by atoms with Gasteiger partial charge < -0.3 is 4.74 Å². The molecule has 0 N–H and O–H groups in total. The van der Waals surface area contributed by atoms with Crippen molar-refractivity contribution in [2.45, 2.75) is 38.7 Å². The van der Waals surface area contributed by atoms with Crippen molar-refractivity contribution in [1.82, 2.24) is 0 Å². The maximum absolute atomic E-state index is 11.1. The molecule has 1 saturated heterocycles. The van der Waals surface area contributed by atoms with E-state index in [9.17, 15) is 4.79 Å². The van der Waals surface area contributed by atoms with E-state index in [0.29, 0.717) is 17.9 Å². The SMILES string of the molecule is CCc1ccc(/C(Cl)=C(/Br)C[C@@H]2CCC(=O)O2)cc1. The van der Waals surface area contributed by atoms with Crippen LogP contribution in [0.2, 0.25) is 0 Å². The number of halogens is 2. The lowest BCUT2D eigenvalue weighted by Gasteiger charge is -2.10. The molecule has 19 heavy (non-hydrogen) atoms. The van der Waals surface area contributed by atoms with Gasteiger partial charge in [-0.15, -0.1) is 0 Å². The Morgan fingerprint density at radius 3 is 2.63 bits per heavy atom. The number of carbonyl (C=O) groups excluding carboxylic acids is 1. The van der Waals surface area contributed by atoms with Gasteiger partial charge in [0.05, 0.1) is 5.03 Å². The van der Waals surface area contributed by atoms with Gasteiger partial charge in [-0.05, 0) is 24.0 Å². The van der Waals surface area contributed by atoms with Gasteiger partial charge in [0.1, 0.15) is 6.10 Å². The number of ether oxygens (including phenoxy) is 1. The van der Waals surface area contributed by atoms with E-state index in [2.05, 4.69) is 35.0 Å². The number of hydrogen-bond acceptors (Lipinski definition) is 2. The monoisotopic (exact) mass is 342 g/mol. The summed E-state index contributed by atoms with van der Waals surface area (Å²) in [4.78, 5) is 11.1. The van der Waals surface area contributed by atoms with Crippen molar-refractivity contribution >= 4 is 38.5 Å². The lowest BCUT2D eigenvalue weighted by atomic mass is 10.1. The highest BCUT2D eigenvalue weighted by Gasteiger charge is 2.24. The summed E-state index contributed by atoms with van der Waals surface area (Å²) in [6.45, 7) is 2.12. The van der Waals surface area contributed by atoms with Crippen molar-refractivity contribution in [2.24, 2.45) is 0 Å². The number of rotatable bonds is 4. The molecule has 0 bridgehead atoms. The molecule has 1 aliphatic heterocycles. The highest BCUT2D eigenvalue weighted by Crippen LogP contribution is 2.32. The molecule has 0 spiro atoms. The van der Waals surface area contributed by atoms with Crippen molar-refractivity contribution in [3.05, 3.63) is 39.9 Å². The van der Waals surface area contributed by atoms with Crippen LogP contribution in [0.5, 0.6) is 0 Å². The molecule has 1 aromatic rings. The van der Waals surface area contributed by atoms with Crippen LogP contribution in [0.15, 0.2) is 28.7 Å². The topological polar surface area (TPSA) is 26.3 Å². The van der Waals surface area contributed by atoms with E-state index in [4.69, 9.17) is 16.3 Å². The quantitative estimate of drug-likeness (QED) is 0.744. The van der Waals surface area contributed by atoms with E-state index < -0.39 is 0 Å². The van der Waals surface area contributed by atoms with Crippen molar-refractivity contribution in [3.63, 3.8) is 0 Å². The maximum atomic E-state index is 11.1. The average Bonchev–Trinajstić information content (AvgIpc) is 2.83. The smallest absolute Gasteiger partial charge is 0.306 e. The predicted molar refractivity (Wildman–Crippen MR) is 81.3 cm³/mol. The average molecular weight is 344 g/mol. The third kappa shape index (κ3) is 3.83. The molecule has 0 amide bonds. The Morgan fingerprint density at radius 1 is 1.42 bits per heavy atom. The van der Waals surface area contributed by atoms with E-state index >= 15 is 0 Å². The standard InChI is InChI=1S/C15H16BrClO2/c1-2-10-3-5-11(6-4-10)15(17)13(16)9-12-7-8-14(18)19-12/h3-6,12H,2,7-9H2,1H3/b15-13-/t12-/m0/s1. The van der Waals surface area contributed by atoms with Crippen LogP contribution in [0.25, 0.3) is 5.03 Å². The van der Waals surface area contributed by atoms with Gasteiger partial charge in [0.15, 0.2) is 0 Å². The van der Waals surface area contributed by atoms with Gasteiger partial charge in [0.2, 0.25) is 0 Å². The predicted octanol–water partition coefficient (Wildman–Crippen LogP) is 4.65. The minimum absolute atomic E-state index is 0.0504. The Bertz CT molecular complexity index is 493. The van der Waals surface area contributed by atoms with Gasteiger partial charge in [-0.1, -0.05) is 58.7 Å². The minimum Gasteiger partial charge on any atom is -0.462 e. The molecule has 0 saturated carbocycles. The molecular weight excluding hydrogens is 328 g/mol. The lowest BCUT2D eigenvalue weighted by Crippen LogP contribution is -2.06. The number of esters is 1. The largest absolute Gasteiger partial charge is 0.462 e. The highest BCUT2D eigenvalue weighted by atomic mass is 79.9. The molecule has 0 aliphatic carbocycles. The molecule has 1 aliphatic rings. The Hall–Kier alpha value is -0.800.